The molecule has 2 aromatic rings. The summed E-state index contributed by atoms with van der Waals surface area (Å²) in [6.07, 6.45) is 6.62. The van der Waals surface area contributed by atoms with Gasteiger partial charge in [0.05, 0.1) is 13.2 Å². The summed E-state index contributed by atoms with van der Waals surface area (Å²) in [7, 11) is 0. The van der Waals surface area contributed by atoms with Crippen LogP contribution in [0.3, 0.4) is 0 Å². The zero-order chi connectivity index (χ0) is 31.1. The van der Waals surface area contributed by atoms with Crippen LogP contribution in [0.2, 0.25) is 0 Å². The minimum atomic E-state index is -0.384. The van der Waals surface area contributed by atoms with E-state index in [9.17, 15) is 19.2 Å². The van der Waals surface area contributed by atoms with Gasteiger partial charge < -0.3 is 29.2 Å². The maximum atomic E-state index is 12.9. The number of ether oxygens (including phenoxy) is 4. The van der Waals surface area contributed by atoms with Gasteiger partial charge in [0.1, 0.15) is 18.1 Å². The van der Waals surface area contributed by atoms with Crippen LogP contribution in [0.5, 0.6) is 11.5 Å². The fraction of sp³-hybridized carbons (Fsp3) is 0.515. The molecule has 238 valence electrons. The molecule has 0 fully saturated rings. The van der Waals surface area contributed by atoms with E-state index in [0.29, 0.717) is 63.5 Å². The summed E-state index contributed by atoms with van der Waals surface area (Å²) in [5, 5.41) is 4.96. The molecule has 2 aliphatic heterocycles. The molecule has 0 aromatic heterocycles. The molecule has 2 heterocycles. The second kappa shape index (κ2) is 17.4. The minimum absolute atomic E-state index is 0.0964. The van der Waals surface area contributed by atoms with Crippen LogP contribution >= 0.6 is 0 Å². The lowest BCUT2D eigenvalue weighted by Gasteiger charge is -2.24. The van der Waals surface area contributed by atoms with Crippen LogP contribution < -0.4 is 20.1 Å². The predicted molar refractivity (Wildman–Crippen MR) is 164 cm³/mol. The van der Waals surface area contributed by atoms with E-state index in [4.69, 9.17) is 18.9 Å². The number of benzene rings is 2. The summed E-state index contributed by atoms with van der Waals surface area (Å²) in [5.41, 5.74) is 3.07. The number of rotatable bonds is 19. The average Bonchev–Trinajstić information content (AvgIpc) is 3.37. The number of fused-ring (bicyclic) bond motifs is 2. The molecule has 1 unspecified atom stereocenters. The number of amides is 4. The summed E-state index contributed by atoms with van der Waals surface area (Å²) in [4.78, 5) is 49.1. The van der Waals surface area contributed by atoms with Crippen LogP contribution in [0.4, 0.5) is 5.69 Å². The summed E-state index contributed by atoms with van der Waals surface area (Å²) < 4.78 is 22.7. The lowest BCUT2D eigenvalue weighted by Crippen LogP contribution is -2.34. The van der Waals surface area contributed by atoms with Gasteiger partial charge in [0.25, 0.3) is 5.91 Å². The zero-order valence-electron chi connectivity index (χ0n) is 25.4. The molecule has 4 amide bonds. The number of unbranched alkanes of at least 4 members (excludes halogenated alkanes) is 2. The van der Waals surface area contributed by atoms with E-state index in [0.717, 1.165) is 55.8 Å². The van der Waals surface area contributed by atoms with Crippen molar-refractivity contribution in [2.24, 2.45) is 0 Å². The minimum Gasteiger partial charge on any atom is -0.494 e. The Labute approximate surface area is 258 Å². The SMILES string of the molecule is CC(CCC(=O)NC=O)N1Cc2c(NC(=O)COCCCOCCCCCOc3ccc4c(c3)CCCO4)cccc2C1=O. The summed E-state index contributed by atoms with van der Waals surface area (Å²) in [6, 6.07) is 11.1. The Morgan fingerprint density at radius 3 is 2.70 bits per heavy atom. The van der Waals surface area contributed by atoms with Gasteiger partial charge in [-0.25, -0.2) is 0 Å². The highest BCUT2D eigenvalue weighted by atomic mass is 16.5. The Balaban J connectivity index is 1.03. The van der Waals surface area contributed by atoms with Crippen molar-refractivity contribution in [1.82, 2.24) is 10.2 Å². The highest BCUT2D eigenvalue weighted by Gasteiger charge is 2.32. The van der Waals surface area contributed by atoms with E-state index < -0.39 is 0 Å². The number of nitrogens with one attached hydrogen (secondary N) is 2. The Bertz CT molecular complexity index is 1280. The highest BCUT2D eigenvalue weighted by Crippen LogP contribution is 2.32. The van der Waals surface area contributed by atoms with Gasteiger partial charge in [0.2, 0.25) is 18.2 Å². The first kappa shape index (κ1) is 32.9. The lowest BCUT2D eigenvalue weighted by atomic mass is 10.1. The smallest absolute Gasteiger partial charge is 0.254 e. The Hall–Kier alpha value is -3.96. The van der Waals surface area contributed by atoms with Crippen molar-refractivity contribution in [1.29, 1.82) is 0 Å². The van der Waals surface area contributed by atoms with Crippen molar-refractivity contribution in [3.05, 3.63) is 53.1 Å². The predicted octanol–water partition coefficient (Wildman–Crippen LogP) is 4.02. The molecular formula is C33H43N3O8. The van der Waals surface area contributed by atoms with E-state index >= 15 is 0 Å². The number of nitrogens with zero attached hydrogens (tertiary/aromatic N) is 1. The van der Waals surface area contributed by atoms with E-state index in [-0.39, 0.29) is 36.8 Å². The van der Waals surface area contributed by atoms with E-state index in [1.54, 1.807) is 23.1 Å². The van der Waals surface area contributed by atoms with Gasteiger partial charge in [-0.05, 0) is 87.8 Å². The second-order valence-electron chi connectivity index (χ2n) is 11.0. The topological polar surface area (TPSA) is 133 Å². The fourth-order valence-corrected chi connectivity index (χ4v) is 5.28. The third kappa shape index (κ3) is 9.78. The molecule has 1 atom stereocenters. The number of anilines is 1. The van der Waals surface area contributed by atoms with Crippen LogP contribution in [-0.2, 0) is 36.8 Å². The lowest BCUT2D eigenvalue weighted by molar-refractivity contribution is -0.125. The van der Waals surface area contributed by atoms with Gasteiger partial charge in [0, 0.05) is 55.6 Å². The highest BCUT2D eigenvalue weighted by molar-refractivity contribution is 6.02. The van der Waals surface area contributed by atoms with Gasteiger partial charge in [-0.3, -0.25) is 24.5 Å². The Morgan fingerprint density at radius 2 is 1.84 bits per heavy atom. The standard InChI is InChI=1S/C33H43N3O8/c1-24(11-14-31(38)34-23-37)36-21-28-27(33(36)40)9-5-10-29(28)35-32(39)22-42-17-7-16-41-15-3-2-4-18-43-26-12-13-30-25(20-26)8-6-19-44-30/h5,9-10,12-13,20,23-24H,2-4,6-8,11,14-19,21-22H2,1H3,(H,35,39)(H,34,37,38). The third-order valence-electron chi connectivity index (χ3n) is 7.70. The fourth-order valence-electron chi connectivity index (χ4n) is 5.28. The van der Waals surface area contributed by atoms with Crippen molar-refractivity contribution in [3.63, 3.8) is 0 Å². The van der Waals surface area contributed by atoms with Crippen LogP contribution in [-0.4, -0.2) is 74.7 Å². The van der Waals surface area contributed by atoms with E-state index in [1.165, 1.54) is 5.56 Å². The van der Waals surface area contributed by atoms with Crippen LogP contribution in [0.15, 0.2) is 36.4 Å². The number of hydrogen-bond acceptors (Lipinski definition) is 8. The van der Waals surface area contributed by atoms with Gasteiger partial charge in [0.15, 0.2) is 0 Å². The molecule has 11 nitrogen and oxygen atoms in total. The first-order chi connectivity index (χ1) is 21.5. The molecule has 2 aliphatic rings. The molecule has 0 spiro atoms. The third-order valence-corrected chi connectivity index (χ3v) is 7.70. The van der Waals surface area contributed by atoms with Crippen molar-refractivity contribution < 1.29 is 38.1 Å². The molecular weight excluding hydrogens is 566 g/mol. The maximum absolute atomic E-state index is 12.9. The summed E-state index contributed by atoms with van der Waals surface area (Å²) >= 11 is 0. The Morgan fingerprint density at radius 1 is 1.02 bits per heavy atom. The molecule has 0 saturated heterocycles. The monoisotopic (exact) mass is 609 g/mol. The van der Waals surface area contributed by atoms with Crippen molar-refractivity contribution in [2.45, 2.75) is 70.9 Å². The summed E-state index contributed by atoms with van der Waals surface area (Å²) in [6.45, 7) is 5.21. The van der Waals surface area contributed by atoms with Crippen LogP contribution in [0.25, 0.3) is 0 Å². The van der Waals surface area contributed by atoms with Crippen molar-refractivity contribution >= 4 is 29.8 Å². The number of imide groups is 1. The van der Waals surface area contributed by atoms with Crippen molar-refractivity contribution in [2.75, 3.05) is 45.0 Å². The van der Waals surface area contributed by atoms with Gasteiger partial charge >= 0.3 is 0 Å². The average molecular weight is 610 g/mol. The quantitative estimate of drug-likeness (QED) is 0.180. The summed E-state index contributed by atoms with van der Waals surface area (Å²) in [5.74, 6) is 1.04. The maximum Gasteiger partial charge on any atom is 0.254 e. The first-order valence-corrected chi connectivity index (χ1v) is 15.5. The van der Waals surface area contributed by atoms with E-state index in [2.05, 4.69) is 16.7 Å². The number of carbonyl (C=O) groups is 4. The zero-order valence-corrected chi connectivity index (χ0v) is 25.4. The van der Waals surface area contributed by atoms with Gasteiger partial charge in [-0.1, -0.05) is 6.07 Å². The largest absolute Gasteiger partial charge is 0.494 e. The molecule has 0 radical (unpaired) electrons. The number of carbonyl (C=O) groups excluding carboxylic acids is 4. The van der Waals surface area contributed by atoms with Crippen LogP contribution in [0, 0.1) is 0 Å². The molecule has 4 rings (SSSR count). The molecule has 2 aromatic carbocycles. The molecule has 0 saturated carbocycles. The molecule has 11 heteroatoms. The van der Waals surface area contributed by atoms with Gasteiger partial charge in [-0.2, -0.15) is 0 Å². The normalized spacial score (nSPS) is 14.3. The Kier molecular flexibility index (Phi) is 13.0. The molecule has 44 heavy (non-hydrogen) atoms. The van der Waals surface area contributed by atoms with Crippen LogP contribution in [0.1, 0.15) is 73.4 Å². The molecule has 2 N–H and O–H groups in total. The first-order valence-electron chi connectivity index (χ1n) is 15.5. The number of aryl methyl sites for hydroxylation is 1. The van der Waals surface area contributed by atoms with Gasteiger partial charge in [-0.15, -0.1) is 0 Å². The van der Waals surface area contributed by atoms with E-state index in [1.807, 2.05) is 19.1 Å². The molecule has 0 bridgehead atoms. The molecule has 0 aliphatic carbocycles. The second-order valence-corrected chi connectivity index (χ2v) is 11.0. The number of hydrogen-bond donors (Lipinski definition) is 2. The van der Waals surface area contributed by atoms with Crippen molar-refractivity contribution in [3.8, 4) is 11.5 Å².